The second-order valence-corrected chi connectivity index (χ2v) is 7.62. The van der Waals surface area contributed by atoms with Gasteiger partial charge in [-0.25, -0.2) is 0 Å². The summed E-state index contributed by atoms with van der Waals surface area (Å²) < 4.78 is 0. The largest absolute Gasteiger partial charge is 0.299 e. The molecule has 4 rings (SSSR count). The molecule has 0 amide bonds. The lowest BCUT2D eigenvalue weighted by atomic mass is 9.80. The molecular formula is C29H24O2. The van der Waals surface area contributed by atoms with Crippen LogP contribution < -0.4 is 0 Å². The minimum Gasteiger partial charge on any atom is -0.299 e. The molecule has 31 heavy (non-hydrogen) atoms. The number of Topliss-reactive ketones (excluding diaryl/α,β-unsaturated/α-hetero) is 2. The Morgan fingerprint density at radius 2 is 0.903 bits per heavy atom. The SMILES string of the molecule is O=C(c1ccccc1)C(CC(=O)C(c1ccccc1)c1ccccc1)c1ccccc1. The number of benzene rings is 4. The van der Waals surface area contributed by atoms with E-state index in [4.69, 9.17) is 0 Å². The van der Waals surface area contributed by atoms with Crippen LogP contribution in [0.2, 0.25) is 0 Å². The standard InChI is InChI=1S/C29H24O2/c30-27(28(23-15-7-2-8-16-23)24-17-9-3-10-18-24)21-26(22-13-5-1-6-14-22)29(31)25-19-11-4-12-20-25/h1-20,26,28H,21H2. The summed E-state index contributed by atoms with van der Waals surface area (Å²) >= 11 is 0. The van der Waals surface area contributed by atoms with Gasteiger partial charge in [-0.1, -0.05) is 121 Å². The van der Waals surface area contributed by atoms with Gasteiger partial charge in [0, 0.05) is 12.0 Å². The van der Waals surface area contributed by atoms with Crippen molar-refractivity contribution in [3.05, 3.63) is 144 Å². The Kier molecular flexibility index (Phi) is 6.49. The van der Waals surface area contributed by atoms with Crippen molar-refractivity contribution in [3.63, 3.8) is 0 Å². The van der Waals surface area contributed by atoms with E-state index >= 15 is 0 Å². The maximum absolute atomic E-state index is 13.7. The van der Waals surface area contributed by atoms with Gasteiger partial charge in [0.15, 0.2) is 5.78 Å². The fraction of sp³-hybridized carbons (Fsp3) is 0.103. The molecule has 2 heteroatoms. The predicted molar refractivity (Wildman–Crippen MR) is 124 cm³/mol. The summed E-state index contributed by atoms with van der Waals surface area (Å²) in [6.07, 6.45) is 0.145. The Morgan fingerprint density at radius 3 is 1.35 bits per heavy atom. The van der Waals surface area contributed by atoms with Crippen molar-refractivity contribution in [1.82, 2.24) is 0 Å². The molecule has 0 heterocycles. The number of hydrogen-bond acceptors (Lipinski definition) is 2. The van der Waals surface area contributed by atoms with Gasteiger partial charge in [-0.05, 0) is 16.7 Å². The van der Waals surface area contributed by atoms with Gasteiger partial charge in [0.25, 0.3) is 0 Å². The average Bonchev–Trinajstić information content (AvgIpc) is 2.85. The van der Waals surface area contributed by atoms with Gasteiger partial charge in [-0.2, -0.15) is 0 Å². The van der Waals surface area contributed by atoms with Crippen LogP contribution in [0.3, 0.4) is 0 Å². The first-order valence-electron chi connectivity index (χ1n) is 10.5. The number of hydrogen-bond donors (Lipinski definition) is 0. The van der Waals surface area contributed by atoms with Crippen molar-refractivity contribution in [3.8, 4) is 0 Å². The lowest BCUT2D eigenvalue weighted by Crippen LogP contribution is -2.22. The quantitative estimate of drug-likeness (QED) is 0.317. The molecule has 0 N–H and O–H groups in total. The fourth-order valence-electron chi connectivity index (χ4n) is 4.03. The van der Waals surface area contributed by atoms with Crippen LogP contribution in [0.15, 0.2) is 121 Å². The molecule has 1 atom stereocenters. The van der Waals surface area contributed by atoms with Gasteiger partial charge in [-0.15, -0.1) is 0 Å². The van der Waals surface area contributed by atoms with E-state index in [1.165, 1.54) is 0 Å². The maximum Gasteiger partial charge on any atom is 0.170 e. The Balaban J connectivity index is 1.71. The molecule has 0 saturated heterocycles. The summed E-state index contributed by atoms with van der Waals surface area (Å²) in [6.45, 7) is 0. The van der Waals surface area contributed by atoms with Gasteiger partial charge in [0.2, 0.25) is 0 Å². The maximum atomic E-state index is 13.7. The van der Waals surface area contributed by atoms with Gasteiger partial charge >= 0.3 is 0 Å². The number of carbonyl (C=O) groups excluding carboxylic acids is 2. The van der Waals surface area contributed by atoms with E-state index in [0.717, 1.165) is 16.7 Å². The van der Waals surface area contributed by atoms with E-state index in [1.54, 1.807) is 0 Å². The summed E-state index contributed by atoms with van der Waals surface area (Å²) in [6, 6.07) is 38.4. The van der Waals surface area contributed by atoms with Crippen LogP contribution in [0.5, 0.6) is 0 Å². The van der Waals surface area contributed by atoms with Crippen LogP contribution >= 0.6 is 0 Å². The molecule has 0 fully saturated rings. The molecule has 2 nitrogen and oxygen atoms in total. The number of rotatable bonds is 8. The first-order valence-corrected chi connectivity index (χ1v) is 10.5. The lowest BCUT2D eigenvalue weighted by Gasteiger charge is -2.21. The summed E-state index contributed by atoms with van der Waals surface area (Å²) in [5.41, 5.74) is 3.38. The van der Waals surface area contributed by atoms with E-state index in [2.05, 4.69) is 0 Å². The Morgan fingerprint density at radius 1 is 0.516 bits per heavy atom. The van der Waals surface area contributed by atoms with Crippen molar-refractivity contribution in [2.45, 2.75) is 18.3 Å². The van der Waals surface area contributed by atoms with Gasteiger partial charge in [-0.3, -0.25) is 9.59 Å². The van der Waals surface area contributed by atoms with Gasteiger partial charge in [0.05, 0.1) is 11.8 Å². The summed E-state index contributed by atoms with van der Waals surface area (Å²) in [5.74, 6) is -0.918. The summed E-state index contributed by atoms with van der Waals surface area (Å²) in [7, 11) is 0. The molecule has 1 unspecified atom stereocenters. The zero-order valence-corrected chi connectivity index (χ0v) is 17.2. The molecule has 0 aliphatic rings. The molecule has 0 saturated carbocycles. The third-order valence-electron chi connectivity index (χ3n) is 5.57. The molecule has 0 aliphatic carbocycles. The highest BCUT2D eigenvalue weighted by atomic mass is 16.1. The zero-order valence-electron chi connectivity index (χ0n) is 17.2. The van der Waals surface area contributed by atoms with Crippen molar-refractivity contribution in [2.75, 3.05) is 0 Å². The molecule has 0 aromatic heterocycles. The van der Waals surface area contributed by atoms with Crippen LogP contribution in [0.4, 0.5) is 0 Å². The molecule has 0 aliphatic heterocycles. The number of ketones is 2. The highest BCUT2D eigenvalue weighted by Crippen LogP contribution is 2.32. The van der Waals surface area contributed by atoms with E-state index < -0.39 is 11.8 Å². The van der Waals surface area contributed by atoms with Crippen molar-refractivity contribution in [2.24, 2.45) is 0 Å². The van der Waals surface area contributed by atoms with Crippen LogP contribution in [0.25, 0.3) is 0 Å². The predicted octanol–water partition coefficient (Wildman–Crippen LogP) is 6.44. The van der Waals surface area contributed by atoms with E-state index in [9.17, 15) is 9.59 Å². The van der Waals surface area contributed by atoms with Crippen LogP contribution in [-0.2, 0) is 4.79 Å². The van der Waals surface area contributed by atoms with Crippen molar-refractivity contribution < 1.29 is 9.59 Å². The molecular weight excluding hydrogens is 380 g/mol. The highest BCUT2D eigenvalue weighted by molar-refractivity contribution is 6.04. The smallest absolute Gasteiger partial charge is 0.170 e. The van der Waals surface area contributed by atoms with E-state index in [0.29, 0.717) is 5.56 Å². The Hall–Kier alpha value is -3.78. The summed E-state index contributed by atoms with van der Waals surface area (Å²) in [5, 5.41) is 0. The Labute approximate surface area is 183 Å². The summed E-state index contributed by atoms with van der Waals surface area (Å²) in [4.78, 5) is 27.1. The third kappa shape index (κ3) is 4.87. The lowest BCUT2D eigenvalue weighted by molar-refractivity contribution is -0.119. The fourth-order valence-corrected chi connectivity index (χ4v) is 4.03. The van der Waals surface area contributed by atoms with Crippen LogP contribution in [-0.4, -0.2) is 11.6 Å². The Bertz CT molecular complexity index is 1080. The van der Waals surface area contributed by atoms with Crippen molar-refractivity contribution >= 4 is 11.6 Å². The first kappa shape index (κ1) is 20.5. The highest BCUT2D eigenvalue weighted by Gasteiger charge is 2.30. The topological polar surface area (TPSA) is 34.1 Å². The second-order valence-electron chi connectivity index (χ2n) is 7.62. The first-order chi connectivity index (χ1) is 15.2. The second kappa shape index (κ2) is 9.82. The normalized spacial score (nSPS) is 11.8. The molecule has 152 valence electrons. The van der Waals surface area contributed by atoms with Crippen LogP contribution in [0, 0.1) is 0 Å². The zero-order chi connectivity index (χ0) is 21.5. The molecule has 0 spiro atoms. The van der Waals surface area contributed by atoms with Crippen LogP contribution in [0.1, 0.15) is 45.3 Å². The van der Waals surface area contributed by atoms with Crippen molar-refractivity contribution in [1.29, 1.82) is 0 Å². The number of carbonyl (C=O) groups is 2. The minimum absolute atomic E-state index is 0.0278. The van der Waals surface area contributed by atoms with E-state index in [1.807, 2.05) is 121 Å². The minimum atomic E-state index is -0.522. The van der Waals surface area contributed by atoms with Gasteiger partial charge in [0.1, 0.15) is 5.78 Å². The molecule has 0 bridgehead atoms. The van der Waals surface area contributed by atoms with Gasteiger partial charge < -0.3 is 0 Å². The molecule has 4 aromatic carbocycles. The third-order valence-corrected chi connectivity index (χ3v) is 5.57. The molecule has 4 aromatic rings. The average molecular weight is 405 g/mol. The monoisotopic (exact) mass is 404 g/mol. The molecule has 0 radical (unpaired) electrons. The van der Waals surface area contributed by atoms with E-state index in [-0.39, 0.29) is 18.0 Å².